The number of aliphatic imine (C=N–C) groups is 1. The molecule has 0 radical (unpaired) electrons. The number of anilines is 1. The third-order valence-electron chi connectivity index (χ3n) is 1.84. The lowest BCUT2D eigenvalue weighted by Gasteiger charge is -2.04. The van der Waals surface area contributed by atoms with Crippen molar-refractivity contribution < 1.29 is 4.74 Å². The van der Waals surface area contributed by atoms with Crippen LogP contribution in [0.2, 0.25) is 5.15 Å². The molecule has 1 aliphatic heterocycles. The third-order valence-corrected chi connectivity index (χ3v) is 2.13. The van der Waals surface area contributed by atoms with Gasteiger partial charge in [-0.3, -0.25) is 0 Å². The molecule has 1 unspecified atom stereocenters. The number of aromatic nitrogens is 2. The zero-order valence-electron chi connectivity index (χ0n) is 7.57. The van der Waals surface area contributed by atoms with E-state index in [1.165, 1.54) is 6.33 Å². The molecule has 1 aliphatic rings. The second-order valence-electron chi connectivity index (χ2n) is 3.02. The molecule has 14 heavy (non-hydrogen) atoms. The molecule has 2 rings (SSSR count). The van der Waals surface area contributed by atoms with Gasteiger partial charge in [-0.25, -0.2) is 15.0 Å². The van der Waals surface area contributed by atoms with E-state index in [0.29, 0.717) is 18.1 Å². The molecule has 0 fully saturated rings. The summed E-state index contributed by atoms with van der Waals surface area (Å²) in [6, 6.07) is 0.126. The number of nitrogens with two attached hydrogens (primary N) is 1. The van der Waals surface area contributed by atoms with Crippen LogP contribution in [0.4, 0.5) is 5.82 Å². The molecule has 0 bridgehead atoms. The van der Waals surface area contributed by atoms with Crippen molar-refractivity contribution in [3.05, 3.63) is 17.0 Å². The first-order chi connectivity index (χ1) is 6.68. The third kappa shape index (κ3) is 1.50. The Bertz CT molecular complexity index is 373. The number of hydrogen-bond donors (Lipinski definition) is 1. The minimum Gasteiger partial charge on any atom is -0.475 e. The molecule has 0 aliphatic carbocycles. The van der Waals surface area contributed by atoms with Crippen LogP contribution in [0.1, 0.15) is 12.5 Å². The van der Waals surface area contributed by atoms with E-state index in [1.54, 1.807) is 0 Å². The van der Waals surface area contributed by atoms with Crippen LogP contribution in [0, 0.1) is 0 Å². The summed E-state index contributed by atoms with van der Waals surface area (Å²) in [4.78, 5) is 11.9. The van der Waals surface area contributed by atoms with E-state index in [4.69, 9.17) is 22.1 Å². The van der Waals surface area contributed by atoms with Crippen LogP contribution in [0.5, 0.6) is 0 Å². The Balaban J connectivity index is 2.46. The lowest BCUT2D eigenvalue weighted by molar-refractivity contribution is 0.324. The zero-order chi connectivity index (χ0) is 10.1. The van der Waals surface area contributed by atoms with Gasteiger partial charge in [0.25, 0.3) is 0 Å². The second-order valence-corrected chi connectivity index (χ2v) is 3.38. The number of halogens is 1. The molecule has 5 nitrogen and oxygen atoms in total. The maximum absolute atomic E-state index is 5.87. The van der Waals surface area contributed by atoms with Crippen molar-refractivity contribution in [2.75, 3.05) is 12.3 Å². The highest BCUT2D eigenvalue weighted by Crippen LogP contribution is 2.21. The molecule has 1 aromatic heterocycles. The Morgan fingerprint density at radius 3 is 2.93 bits per heavy atom. The Morgan fingerprint density at radius 1 is 1.57 bits per heavy atom. The van der Waals surface area contributed by atoms with Gasteiger partial charge in [-0.1, -0.05) is 11.6 Å². The van der Waals surface area contributed by atoms with Gasteiger partial charge in [0.2, 0.25) is 5.90 Å². The summed E-state index contributed by atoms with van der Waals surface area (Å²) in [5.41, 5.74) is 6.13. The Labute approximate surface area is 86.0 Å². The van der Waals surface area contributed by atoms with E-state index in [0.717, 1.165) is 0 Å². The molecular weight excluding hydrogens is 204 g/mol. The SMILES string of the molecule is CC1COC(c2c(N)ncnc2Cl)=N1. The molecular formula is C8H9ClN4O. The first-order valence-electron chi connectivity index (χ1n) is 4.15. The van der Waals surface area contributed by atoms with Crippen LogP contribution in [-0.2, 0) is 4.74 Å². The van der Waals surface area contributed by atoms with Crippen molar-refractivity contribution in [1.29, 1.82) is 0 Å². The second kappa shape index (κ2) is 3.42. The van der Waals surface area contributed by atoms with Crippen LogP contribution < -0.4 is 5.73 Å². The van der Waals surface area contributed by atoms with Gasteiger partial charge in [-0.2, -0.15) is 0 Å². The first kappa shape index (κ1) is 9.21. The summed E-state index contributed by atoms with van der Waals surface area (Å²) in [5, 5.41) is 0.269. The van der Waals surface area contributed by atoms with Crippen molar-refractivity contribution in [2.45, 2.75) is 13.0 Å². The smallest absolute Gasteiger partial charge is 0.223 e. The average molecular weight is 213 g/mol. The molecule has 1 aromatic rings. The van der Waals surface area contributed by atoms with Gasteiger partial charge in [0.1, 0.15) is 29.5 Å². The van der Waals surface area contributed by atoms with Gasteiger partial charge in [-0.15, -0.1) is 0 Å². The summed E-state index contributed by atoms with van der Waals surface area (Å²) >= 11 is 5.87. The van der Waals surface area contributed by atoms with E-state index in [-0.39, 0.29) is 17.0 Å². The minimum absolute atomic E-state index is 0.126. The van der Waals surface area contributed by atoms with Gasteiger partial charge in [0.05, 0.1) is 6.04 Å². The molecule has 2 N–H and O–H groups in total. The van der Waals surface area contributed by atoms with E-state index >= 15 is 0 Å². The molecule has 6 heteroatoms. The molecule has 0 amide bonds. The van der Waals surface area contributed by atoms with E-state index in [9.17, 15) is 0 Å². The number of rotatable bonds is 1. The fourth-order valence-corrected chi connectivity index (χ4v) is 1.41. The van der Waals surface area contributed by atoms with Crippen LogP contribution in [0.25, 0.3) is 0 Å². The predicted molar refractivity (Wildman–Crippen MR) is 53.4 cm³/mol. The molecule has 0 spiro atoms. The van der Waals surface area contributed by atoms with Crippen LogP contribution in [0.3, 0.4) is 0 Å². The standard InChI is InChI=1S/C8H9ClN4O/c1-4-2-14-8(13-4)5-6(9)11-3-12-7(5)10/h3-4H,2H2,1H3,(H2,10,11,12). The lowest BCUT2D eigenvalue weighted by atomic mass is 10.3. The average Bonchev–Trinajstić information content (AvgIpc) is 2.51. The van der Waals surface area contributed by atoms with E-state index < -0.39 is 0 Å². The summed E-state index contributed by atoms with van der Waals surface area (Å²) in [6.45, 7) is 2.49. The monoisotopic (exact) mass is 212 g/mol. The summed E-state index contributed by atoms with van der Waals surface area (Å²) < 4.78 is 5.32. The van der Waals surface area contributed by atoms with Gasteiger partial charge in [0.15, 0.2) is 0 Å². The summed E-state index contributed by atoms with van der Waals surface area (Å²) in [6.07, 6.45) is 1.31. The van der Waals surface area contributed by atoms with Gasteiger partial charge < -0.3 is 10.5 Å². The molecule has 1 atom stereocenters. The molecule has 0 saturated carbocycles. The van der Waals surface area contributed by atoms with Crippen LogP contribution in [0.15, 0.2) is 11.3 Å². The molecule has 74 valence electrons. The first-order valence-corrected chi connectivity index (χ1v) is 4.53. The molecule has 0 aromatic carbocycles. The van der Waals surface area contributed by atoms with Gasteiger partial charge >= 0.3 is 0 Å². The topological polar surface area (TPSA) is 73.4 Å². The fourth-order valence-electron chi connectivity index (χ4n) is 1.19. The number of ether oxygens (including phenoxy) is 1. The van der Waals surface area contributed by atoms with Crippen molar-refractivity contribution in [3.8, 4) is 0 Å². The minimum atomic E-state index is 0.126. The van der Waals surface area contributed by atoms with Gasteiger partial charge in [-0.05, 0) is 6.92 Å². The van der Waals surface area contributed by atoms with Crippen molar-refractivity contribution >= 4 is 23.3 Å². The maximum atomic E-state index is 5.87. The maximum Gasteiger partial charge on any atom is 0.223 e. The predicted octanol–water partition coefficient (Wildman–Crippen LogP) is 0.877. The van der Waals surface area contributed by atoms with Crippen molar-refractivity contribution in [3.63, 3.8) is 0 Å². The normalized spacial score (nSPS) is 20.4. The Kier molecular flexibility index (Phi) is 2.25. The highest BCUT2D eigenvalue weighted by atomic mass is 35.5. The van der Waals surface area contributed by atoms with Crippen molar-refractivity contribution in [1.82, 2.24) is 9.97 Å². The Morgan fingerprint density at radius 2 is 2.36 bits per heavy atom. The number of hydrogen-bond acceptors (Lipinski definition) is 5. The summed E-state index contributed by atoms with van der Waals surface area (Å²) in [5.74, 6) is 0.721. The van der Waals surface area contributed by atoms with Crippen molar-refractivity contribution in [2.24, 2.45) is 4.99 Å². The quantitative estimate of drug-likeness (QED) is 0.702. The zero-order valence-corrected chi connectivity index (χ0v) is 8.32. The van der Waals surface area contributed by atoms with E-state index in [1.807, 2.05) is 6.92 Å². The Hall–Kier alpha value is -1.36. The summed E-state index contributed by atoms with van der Waals surface area (Å²) in [7, 11) is 0. The van der Waals surface area contributed by atoms with Gasteiger partial charge in [0, 0.05) is 0 Å². The highest BCUT2D eigenvalue weighted by Gasteiger charge is 2.21. The largest absolute Gasteiger partial charge is 0.475 e. The van der Waals surface area contributed by atoms with Crippen LogP contribution in [-0.4, -0.2) is 28.5 Å². The van der Waals surface area contributed by atoms with E-state index in [2.05, 4.69) is 15.0 Å². The molecule has 0 saturated heterocycles. The number of nitrogens with zero attached hydrogens (tertiary/aromatic N) is 3. The van der Waals surface area contributed by atoms with Crippen LogP contribution >= 0.6 is 11.6 Å². The number of nitrogen functional groups attached to an aromatic ring is 1. The molecule has 2 heterocycles. The lowest BCUT2D eigenvalue weighted by Crippen LogP contribution is -2.08. The highest BCUT2D eigenvalue weighted by molar-refractivity contribution is 6.33. The fraction of sp³-hybridized carbons (Fsp3) is 0.375.